The number of amides is 1. The third kappa shape index (κ3) is 2.71. The summed E-state index contributed by atoms with van der Waals surface area (Å²) in [5.41, 5.74) is 13.3. The molecule has 5 heteroatoms. The van der Waals surface area contributed by atoms with E-state index in [2.05, 4.69) is 0 Å². The van der Waals surface area contributed by atoms with Gasteiger partial charge in [0.1, 0.15) is 5.82 Å². The van der Waals surface area contributed by atoms with Crippen molar-refractivity contribution in [1.82, 2.24) is 0 Å². The zero-order valence-electron chi connectivity index (χ0n) is 11.1. The van der Waals surface area contributed by atoms with Gasteiger partial charge in [-0.25, -0.2) is 4.39 Å². The van der Waals surface area contributed by atoms with Crippen LogP contribution < -0.4 is 16.4 Å². The zero-order valence-corrected chi connectivity index (χ0v) is 11.1. The van der Waals surface area contributed by atoms with Crippen molar-refractivity contribution in [2.24, 2.45) is 5.73 Å². The molecule has 0 aliphatic rings. The second-order valence-electron chi connectivity index (χ2n) is 4.36. The molecule has 0 heterocycles. The van der Waals surface area contributed by atoms with Crippen molar-refractivity contribution < 1.29 is 9.18 Å². The standard InChI is InChI=1S/C15H16FN3O/c1-2-19(12-6-3-10(16)4-7-12)14-8-5-11(17)9-13(14)15(18)20/h3-9H,2,17H2,1H3,(H2,18,20). The Morgan fingerprint density at radius 1 is 1.20 bits per heavy atom. The Morgan fingerprint density at radius 3 is 2.40 bits per heavy atom. The highest BCUT2D eigenvalue weighted by Gasteiger charge is 2.15. The number of anilines is 3. The molecule has 2 aromatic rings. The third-order valence-corrected chi connectivity index (χ3v) is 3.03. The predicted octanol–water partition coefficient (Wildman–Crippen LogP) is 2.66. The second-order valence-corrected chi connectivity index (χ2v) is 4.36. The smallest absolute Gasteiger partial charge is 0.250 e. The molecule has 4 nitrogen and oxygen atoms in total. The van der Waals surface area contributed by atoms with E-state index in [0.29, 0.717) is 23.5 Å². The number of hydrogen-bond donors (Lipinski definition) is 2. The monoisotopic (exact) mass is 273 g/mol. The van der Waals surface area contributed by atoms with Crippen molar-refractivity contribution in [2.45, 2.75) is 6.92 Å². The van der Waals surface area contributed by atoms with Gasteiger partial charge in [0, 0.05) is 17.9 Å². The molecule has 0 aromatic heterocycles. The molecule has 0 fully saturated rings. The lowest BCUT2D eigenvalue weighted by atomic mass is 10.1. The molecule has 0 atom stereocenters. The van der Waals surface area contributed by atoms with E-state index in [0.717, 1.165) is 5.69 Å². The fourth-order valence-electron chi connectivity index (χ4n) is 2.10. The summed E-state index contributed by atoms with van der Waals surface area (Å²) < 4.78 is 13.0. The minimum absolute atomic E-state index is 0.308. The number of nitrogens with two attached hydrogens (primary N) is 2. The average Bonchev–Trinajstić information content (AvgIpc) is 2.43. The number of primary amides is 1. The Kier molecular flexibility index (Phi) is 3.89. The molecule has 20 heavy (non-hydrogen) atoms. The first-order valence-corrected chi connectivity index (χ1v) is 6.25. The summed E-state index contributed by atoms with van der Waals surface area (Å²) in [5.74, 6) is -0.856. The SMILES string of the molecule is CCN(c1ccc(F)cc1)c1ccc(N)cc1C(N)=O. The lowest BCUT2D eigenvalue weighted by Crippen LogP contribution is -2.22. The maximum atomic E-state index is 13.0. The van der Waals surface area contributed by atoms with Gasteiger partial charge in [-0.05, 0) is 49.4 Å². The number of rotatable bonds is 4. The summed E-state index contributed by atoms with van der Waals surface area (Å²) in [4.78, 5) is 13.4. The Morgan fingerprint density at radius 2 is 1.85 bits per heavy atom. The molecule has 1 amide bonds. The van der Waals surface area contributed by atoms with E-state index >= 15 is 0 Å². The molecule has 0 aliphatic carbocycles. The molecule has 0 saturated heterocycles. The molecule has 2 aromatic carbocycles. The van der Waals surface area contributed by atoms with Gasteiger partial charge >= 0.3 is 0 Å². The van der Waals surface area contributed by atoms with Gasteiger partial charge in [0.15, 0.2) is 0 Å². The Balaban J connectivity index is 2.51. The highest BCUT2D eigenvalue weighted by molar-refractivity contribution is 6.00. The number of nitrogen functional groups attached to an aromatic ring is 1. The van der Waals surface area contributed by atoms with Crippen molar-refractivity contribution in [2.75, 3.05) is 17.2 Å². The van der Waals surface area contributed by atoms with Crippen LogP contribution >= 0.6 is 0 Å². The van der Waals surface area contributed by atoms with Crippen molar-refractivity contribution in [1.29, 1.82) is 0 Å². The first-order chi connectivity index (χ1) is 9.52. The van der Waals surface area contributed by atoms with E-state index in [1.165, 1.54) is 12.1 Å². The van der Waals surface area contributed by atoms with Crippen molar-refractivity contribution in [3.05, 3.63) is 53.8 Å². The average molecular weight is 273 g/mol. The van der Waals surface area contributed by atoms with E-state index in [1.54, 1.807) is 30.3 Å². The fraction of sp³-hybridized carbons (Fsp3) is 0.133. The van der Waals surface area contributed by atoms with Crippen LogP contribution in [0.25, 0.3) is 0 Å². The quantitative estimate of drug-likeness (QED) is 0.841. The molecule has 0 radical (unpaired) electrons. The highest BCUT2D eigenvalue weighted by Crippen LogP contribution is 2.29. The van der Waals surface area contributed by atoms with Crippen LogP contribution in [0.3, 0.4) is 0 Å². The Hall–Kier alpha value is -2.56. The molecule has 4 N–H and O–H groups in total. The van der Waals surface area contributed by atoms with Crippen LogP contribution in [0.15, 0.2) is 42.5 Å². The van der Waals surface area contributed by atoms with Crippen LogP contribution in [0, 0.1) is 5.82 Å². The normalized spacial score (nSPS) is 10.3. The van der Waals surface area contributed by atoms with Crippen molar-refractivity contribution in [3.63, 3.8) is 0 Å². The lowest BCUT2D eigenvalue weighted by molar-refractivity contribution is 0.100. The molecule has 0 bridgehead atoms. The highest BCUT2D eigenvalue weighted by atomic mass is 19.1. The molecule has 0 saturated carbocycles. The Labute approximate surface area is 116 Å². The maximum absolute atomic E-state index is 13.0. The number of carbonyl (C=O) groups is 1. The summed E-state index contributed by atoms with van der Waals surface area (Å²) in [6.45, 7) is 2.54. The lowest BCUT2D eigenvalue weighted by Gasteiger charge is -2.25. The van der Waals surface area contributed by atoms with Gasteiger partial charge in [0.2, 0.25) is 0 Å². The number of hydrogen-bond acceptors (Lipinski definition) is 3. The van der Waals surface area contributed by atoms with Gasteiger partial charge in [-0.2, -0.15) is 0 Å². The number of benzene rings is 2. The van der Waals surface area contributed by atoms with Gasteiger partial charge in [-0.1, -0.05) is 0 Å². The Bertz CT molecular complexity index is 626. The summed E-state index contributed by atoms with van der Waals surface area (Å²) >= 11 is 0. The van der Waals surface area contributed by atoms with Crippen LogP contribution in [0.2, 0.25) is 0 Å². The minimum Gasteiger partial charge on any atom is -0.399 e. The van der Waals surface area contributed by atoms with E-state index in [1.807, 2.05) is 11.8 Å². The number of nitrogens with zero attached hydrogens (tertiary/aromatic N) is 1. The molecule has 0 aliphatic heterocycles. The van der Waals surface area contributed by atoms with E-state index in [-0.39, 0.29) is 5.82 Å². The van der Waals surface area contributed by atoms with Crippen LogP contribution in [-0.2, 0) is 0 Å². The summed E-state index contributed by atoms with van der Waals surface area (Å²) in [6.07, 6.45) is 0. The van der Waals surface area contributed by atoms with Gasteiger partial charge in [0.05, 0.1) is 11.3 Å². The van der Waals surface area contributed by atoms with Gasteiger partial charge in [-0.3, -0.25) is 4.79 Å². The van der Waals surface area contributed by atoms with Gasteiger partial charge in [0.25, 0.3) is 5.91 Å². The molecule has 104 valence electrons. The van der Waals surface area contributed by atoms with Crippen LogP contribution in [-0.4, -0.2) is 12.5 Å². The molecule has 2 rings (SSSR count). The van der Waals surface area contributed by atoms with Crippen LogP contribution in [0.5, 0.6) is 0 Å². The van der Waals surface area contributed by atoms with Crippen LogP contribution in [0.1, 0.15) is 17.3 Å². The second kappa shape index (κ2) is 5.61. The van der Waals surface area contributed by atoms with E-state index < -0.39 is 5.91 Å². The molecular formula is C15H16FN3O. The van der Waals surface area contributed by atoms with E-state index in [4.69, 9.17) is 11.5 Å². The number of halogens is 1. The zero-order chi connectivity index (χ0) is 14.7. The maximum Gasteiger partial charge on any atom is 0.250 e. The van der Waals surface area contributed by atoms with E-state index in [9.17, 15) is 9.18 Å². The van der Waals surface area contributed by atoms with Crippen molar-refractivity contribution >= 4 is 23.0 Å². The summed E-state index contributed by atoms with van der Waals surface area (Å²) in [6, 6.07) is 11.0. The summed E-state index contributed by atoms with van der Waals surface area (Å²) in [7, 11) is 0. The topological polar surface area (TPSA) is 72.3 Å². The number of carbonyl (C=O) groups excluding carboxylic acids is 1. The summed E-state index contributed by atoms with van der Waals surface area (Å²) in [5, 5.41) is 0. The molecular weight excluding hydrogens is 257 g/mol. The predicted molar refractivity (Wildman–Crippen MR) is 78.5 cm³/mol. The molecule has 0 spiro atoms. The van der Waals surface area contributed by atoms with Gasteiger partial charge < -0.3 is 16.4 Å². The fourth-order valence-corrected chi connectivity index (χ4v) is 2.10. The first-order valence-electron chi connectivity index (χ1n) is 6.25. The van der Waals surface area contributed by atoms with Crippen molar-refractivity contribution in [3.8, 4) is 0 Å². The minimum atomic E-state index is -0.548. The first kappa shape index (κ1) is 13.9. The van der Waals surface area contributed by atoms with Crippen LogP contribution in [0.4, 0.5) is 21.5 Å². The third-order valence-electron chi connectivity index (χ3n) is 3.03. The van der Waals surface area contributed by atoms with Gasteiger partial charge in [-0.15, -0.1) is 0 Å². The molecule has 0 unspecified atom stereocenters. The largest absolute Gasteiger partial charge is 0.399 e.